The molecular formula is C17H37N5O3. The van der Waals surface area contributed by atoms with Gasteiger partial charge in [-0.05, 0) is 47.2 Å². The fraction of sp³-hybridized carbons (Fsp3) is 0.882. The van der Waals surface area contributed by atoms with Gasteiger partial charge in [0.1, 0.15) is 5.60 Å². The van der Waals surface area contributed by atoms with Gasteiger partial charge in [0.05, 0.1) is 0 Å². The van der Waals surface area contributed by atoms with Gasteiger partial charge in [-0.1, -0.05) is 0 Å². The number of likely N-dealkylation sites (N-methyl/N-ethyl adjacent to an activating group) is 1. The van der Waals surface area contributed by atoms with Crippen LogP contribution in [-0.2, 0) is 9.53 Å². The predicted molar refractivity (Wildman–Crippen MR) is 100 cm³/mol. The van der Waals surface area contributed by atoms with Gasteiger partial charge in [0, 0.05) is 45.7 Å². The highest BCUT2D eigenvalue weighted by atomic mass is 16.6. The Labute approximate surface area is 152 Å². The normalized spacial score (nSPS) is 11.3. The first-order chi connectivity index (χ1) is 11.7. The van der Waals surface area contributed by atoms with Crippen molar-refractivity contribution in [2.75, 3.05) is 52.9 Å². The molecule has 0 radical (unpaired) electrons. The second-order valence-electron chi connectivity index (χ2n) is 6.99. The molecule has 0 aromatic carbocycles. The van der Waals surface area contributed by atoms with E-state index in [2.05, 4.69) is 5.32 Å². The molecule has 0 aliphatic rings. The van der Waals surface area contributed by atoms with Crippen LogP contribution in [0.25, 0.3) is 0 Å². The van der Waals surface area contributed by atoms with E-state index in [1.54, 1.807) is 9.80 Å². The molecule has 8 heteroatoms. The highest BCUT2D eigenvalue weighted by molar-refractivity contribution is 5.76. The zero-order chi connectivity index (χ0) is 19.3. The molecule has 0 aliphatic carbocycles. The minimum Gasteiger partial charge on any atom is -0.444 e. The Morgan fingerprint density at radius 1 is 0.960 bits per heavy atom. The Morgan fingerprint density at radius 3 is 2.12 bits per heavy atom. The van der Waals surface area contributed by atoms with Gasteiger partial charge in [0.25, 0.3) is 0 Å². The second kappa shape index (κ2) is 12.9. The van der Waals surface area contributed by atoms with Crippen LogP contribution in [0.1, 0.15) is 40.0 Å². The van der Waals surface area contributed by atoms with Crippen molar-refractivity contribution in [3.05, 3.63) is 0 Å². The number of ether oxygens (including phenoxy) is 1. The summed E-state index contributed by atoms with van der Waals surface area (Å²) >= 11 is 0. The average molecular weight is 360 g/mol. The Morgan fingerprint density at radius 2 is 1.60 bits per heavy atom. The molecule has 2 amide bonds. The molecule has 0 aromatic heterocycles. The van der Waals surface area contributed by atoms with E-state index in [0.29, 0.717) is 52.2 Å². The molecule has 0 bridgehead atoms. The van der Waals surface area contributed by atoms with Crippen LogP contribution >= 0.6 is 0 Å². The highest BCUT2D eigenvalue weighted by Gasteiger charge is 2.23. The van der Waals surface area contributed by atoms with Crippen LogP contribution in [-0.4, -0.2) is 80.3 Å². The van der Waals surface area contributed by atoms with Gasteiger partial charge >= 0.3 is 6.09 Å². The van der Waals surface area contributed by atoms with E-state index in [9.17, 15) is 9.59 Å². The van der Waals surface area contributed by atoms with Crippen LogP contribution in [0.2, 0.25) is 0 Å². The fourth-order valence-corrected chi connectivity index (χ4v) is 2.20. The van der Waals surface area contributed by atoms with Crippen LogP contribution in [0.15, 0.2) is 0 Å². The van der Waals surface area contributed by atoms with E-state index < -0.39 is 5.60 Å². The Kier molecular flexibility index (Phi) is 12.2. The zero-order valence-electron chi connectivity index (χ0n) is 16.3. The maximum absolute atomic E-state index is 12.3. The smallest absolute Gasteiger partial charge is 0.410 e. The Balaban J connectivity index is 4.71. The van der Waals surface area contributed by atoms with Gasteiger partial charge in [-0.3, -0.25) is 4.79 Å². The molecule has 148 valence electrons. The summed E-state index contributed by atoms with van der Waals surface area (Å²) in [5.41, 5.74) is 10.5. The Bertz CT molecular complexity index is 385. The van der Waals surface area contributed by atoms with Gasteiger partial charge in [-0.2, -0.15) is 0 Å². The highest BCUT2D eigenvalue weighted by Crippen LogP contribution is 2.10. The van der Waals surface area contributed by atoms with Crippen molar-refractivity contribution in [3.8, 4) is 0 Å². The first-order valence-electron chi connectivity index (χ1n) is 9.05. The summed E-state index contributed by atoms with van der Waals surface area (Å²) in [6, 6.07) is 0. The number of rotatable bonds is 12. The maximum atomic E-state index is 12.3. The number of carbonyl (C=O) groups excluding carboxylic acids is 2. The van der Waals surface area contributed by atoms with Crippen LogP contribution in [0.4, 0.5) is 4.79 Å². The van der Waals surface area contributed by atoms with E-state index in [4.69, 9.17) is 16.2 Å². The summed E-state index contributed by atoms with van der Waals surface area (Å²) in [5.74, 6) is 0.0525. The van der Waals surface area contributed by atoms with Crippen molar-refractivity contribution in [1.82, 2.24) is 15.1 Å². The molecule has 25 heavy (non-hydrogen) atoms. The number of nitrogens with one attached hydrogen (secondary N) is 1. The molecule has 5 N–H and O–H groups in total. The van der Waals surface area contributed by atoms with E-state index in [0.717, 1.165) is 12.8 Å². The summed E-state index contributed by atoms with van der Waals surface area (Å²) in [7, 11) is 1.83. The minimum atomic E-state index is -0.552. The number of hydrogen-bond donors (Lipinski definition) is 3. The molecule has 0 spiro atoms. The second-order valence-corrected chi connectivity index (χ2v) is 6.99. The molecule has 0 aliphatic heterocycles. The quantitative estimate of drug-likeness (QED) is 0.434. The minimum absolute atomic E-state index is 0.0525. The van der Waals surface area contributed by atoms with E-state index >= 15 is 0 Å². The lowest BCUT2D eigenvalue weighted by atomic mass is 10.2. The SMILES string of the molecule is CNCCN(CCN(CCN)C(=O)CCCCN)C(=O)OC(C)(C)C. The first-order valence-corrected chi connectivity index (χ1v) is 9.05. The fourth-order valence-electron chi connectivity index (χ4n) is 2.20. The molecule has 0 saturated heterocycles. The summed E-state index contributed by atoms with van der Waals surface area (Å²) < 4.78 is 5.45. The van der Waals surface area contributed by atoms with Crippen molar-refractivity contribution in [2.45, 2.75) is 45.6 Å². The van der Waals surface area contributed by atoms with Gasteiger partial charge in [0.15, 0.2) is 0 Å². The number of unbranched alkanes of at least 4 members (excludes halogenated alkanes) is 1. The zero-order valence-corrected chi connectivity index (χ0v) is 16.3. The lowest BCUT2D eigenvalue weighted by Gasteiger charge is -2.30. The largest absolute Gasteiger partial charge is 0.444 e. The lowest BCUT2D eigenvalue weighted by molar-refractivity contribution is -0.131. The van der Waals surface area contributed by atoms with E-state index in [1.807, 2.05) is 27.8 Å². The van der Waals surface area contributed by atoms with Crippen molar-refractivity contribution >= 4 is 12.0 Å². The molecule has 8 nitrogen and oxygen atoms in total. The summed E-state index contributed by atoms with van der Waals surface area (Å²) in [5, 5.41) is 3.02. The van der Waals surface area contributed by atoms with Gasteiger partial charge in [-0.15, -0.1) is 0 Å². The number of nitrogens with zero attached hydrogens (tertiary/aromatic N) is 2. The molecular weight excluding hydrogens is 322 g/mol. The van der Waals surface area contributed by atoms with Crippen LogP contribution in [0, 0.1) is 0 Å². The van der Waals surface area contributed by atoms with Crippen LogP contribution < -0.4 is 16.8 Å². The number of hydrogen-bond acceptors (Lipinski definition) is 6. The van der Waals surface area contributed by atoms with Gasteiger partial charge < -0.3 is 31.3 Å². The van der Waals surface area contributed by atoms with E-state index in [-0.39, 0.29) is 12.0 Å². The Hall–Kier alpha value is -1.38. The van der Waals surface area contributed by atoms with Crippen molar-refractivity contribution in [3.63, 3.8) is 0 Å². The molecule has 0 saturated carbocycles. The molecule has 0 atom stereocenters. The third kappa shape index (κ3) is 11.7. The van der Waals surface area contributed by atoms with E-state index in [1.165, 1.54) is 0 Å². The molecule has 0 unspecified atom stereocenters. The summed E-state index contributed by atoms with van der Waals surface area (Å²) in [6.07, 6.45) is 1.69. The molecule has 0 fully saturated rings. The summed E-state index contributed by atoms with van der Waals surface area (Å²) in [4.78, 5) is 28.0. The lowest BCUT2D eigenvalue weighted by Crippen LogP contribution is -2.46. The van der Waals surface area contributed by atoms with Gasteiger partial charge in [0.2, 0.25) is 5.91 Å². The molecule has 0 heterocycles. The number of nitrogens with two attached hydrogens (primary N) is 2. The first kappa shape index (κ1) is 23.6. The van der Waals surface area contributed by atoms with Crippen molar-refractivity contribution < 1.29 is 14.3 Å². The predicted octanol–water partition coefficient (Wildman–Crippen LogP) is 0.359. The monoisotopic (exact) mass is 359 g/mol. The molecule has 0 aromatic rings. The maximum Gasteiger partial charge on any atom is 0.410 e. The third-order valence-corrected chi connectivity index (χ3v) is 3.52. The third-order valence-electron chi connectivity index (χ3n) is 3.52. The molecule has 0 rings (SSSR count). The van der Waals surface area contributed by atoms with Crippen LogP contribution in [0.5, 0.6) is 0 Å². The van der Waals surface area contributed by atoms with Gasteiger partial charge in [-0.25, -0.2) is 4.79 Å². The number of amides is 2. The topological polar surface area (TPSA) is 114 Å². The van der Waals surface area contributed by atoms with Crippen LogP contribution in [0.3, 0.4) is 0 Å². The van der Waals surface area contributed by atoms with Crippen molar-refractivity contribution in [1.29, 1.82) is 0 Å². The summed E-state index contributed by atoms with van der Waals surface area (Å²) in [6.45, 7) is 9.00. The average Bonchev–Trinajstić information content (AvgIpc) is 2.52. The standard InChI is InChI=1S/C17H37N5O3/c1-17(2,3)25-16(24)22(12-10-20-4)14-13-21(11-9-19)15(23)7-5-6-8-18/h20H,5-14,18-19H2,1-4H3. The van der Waals surface area contributed by atoms with Crippen molar-refractivity contribution in [2.24, 2.45) is 11.5 Å². The number of carbonyl (C=O) groups is 2.